The fourth-order valence-corrected chi connectivity index (χ4v) is 1.49. The highest BCUT2D eigenvalue weighted by Gasteiger charge is 2.18. The molecule has 0 radical (unpaired) electrons. The van der Waals surface area contributed by atoms with Gasteiger partial charge in [-0.3, -0.25) is 19.6 Å². The van der Waals surface area contributed by atoms with Gasteiger partial charge in [-0.25, -0.2) is 0 Å². The van der Waals surface area contributed by atoms with Gasteiger partial charge < -0.3 is 11.1 Å². The van der Waals surface area contributed by atoms with Gasteiger partial charge in [-0.05, 0) is 5.92 Å². The zero-order valence-corrected chi connectivity index (χ0v) is 11.1. The van der Waals surface area contributed by atoms with Crippen LogP contribution in [0, 0.1) is 16.0 Å². The second kappa shape index (κ2) is 6.83. The van der Waals surface area contributed by atoms with Gasteiger partial charge in [0.05, 0.1) is 17.5 Å². The zero-order valence-electron chi connectivity index (χ0n) is 11.1. The molecule has 0 saturated carbocycles. The van der Waals surface area contributed by atoms with Crippen molar-refractivity contribution in [2.24, 2.45) is 11.7 Å². The lowest BCUT2D eigenvalue weighted by Crippen LogP contribution is -2.45. The first-order chi connectivity index (χ1) is 8.95. The Morgan fingerprint density at radius 3 is 2.89 bits per heavy atom. The molecule has 0 aliphatic rings. The van der Waals surface area contributed by atoms with Crippen LogP contribution in [0.4, 0.5) is 5.69 Å². The number of amides is 1. The predicted molar refractivity (Wildman–Crippen MR) is 69.3 cm³/mol. The Bertz CT molecular complexity index is 445. The number of nitro groups is 1. The molecule has 0 aromatic carbocycles. The van der Waals surface area contributed by atoms with Gasteiger partial charge in [0.15, 0.2) is 0 Å². The summed E-state index contributed by atoms with van der Waals surface area (Å²) in [6, 6.07) is -0.531. The summed E-state index contributed by atoms with van der Waals surface area (Å²) in [5.41, 5.74) is 5.70. The maximum Gasteiger partial charge on any atom is 0.306 e. The molecule has 1 aromatic rings. The van der Waals surface area contributed by atoms with Gasteiger partial charge in [0, 0.05) is 6.54 Å². The number of nitrogens with one attached hydrogen (secondary N) is 1. The van der Waals surface area contributed by atoms with Crippen LogP contribution in [0.25, 0.3) is 0 Å². The summed E-state index contributed by atoms with van der Waals surface area (Å²) in [5, 5.41) is 17.0. The van der Waals surface area contributed by atoms with E-state index in [2.05, 4.69) is 10.4 Å². The minimum absolute atomic E-state index is 0.0670. The van der Waals surface area contributed by atoms with Crippen molar-refractivity contribution in [2.75, 3.05) is 6.54 Å². The van der Waals surface area contributed by atoms with Gasteiger partial charge in [-0.1, -0.05) is 20.3 Å². The Balaban J connectivity index is 2.37. The lowest BCUT2D eigenvalue weighted by Gasteiger charge is -2.17. The van der Waals surface area contributed by atoms with E-state index >= 15 is 0 Å². The largest absolute Gasteiger partial charge is 0.353 e. The molecule has 1 aromatic heterocycles. The van der Waals surface area contributed by atoms with E-state index in [-0.39, 0.29) is 17.5 Å². The van der Waals surface area contributed by atoms with E-state index in [1.807, 2.05) is 13.8 Å². The molecule has 1 heterocycles. The molecule has 1 amide bonds. The van der Waals surface area contributed by atoms with Gasteiger partial charge >= 0.3 is 5.69 Å². The van der Waals surface area contributed by atoms with Crippen LogP contribution >= 0.6 is 0 Å². The first kappa shape index (κ1) is 15.1. The highest BCUT2D eigenvalue weighted by Crippen LogP contribution is 2.07. The molecule has 19 heavy (non-hydrogen) atoms. The SMILES string of the molecule is CCC(C)C(N)C(=O)NCCn1cc([N+](=O)[O-])cn1. The molecule has 3 N–H and O–H groups in total. The highest BCUT2D eigenvalue weighted by atomic mass is 16.6. The molecule has 0 bridgehead atoms. The Hall–Kier alpha value is -1.96. The van der Waals surface area contributed by atoms with Crippen molar-refractivity contribution in [3.05, 3.63) is 22.5 Å². The van der Waals surface area contributed by atoms with Crippen molar-refractivity contribution >= 4 is 11.6 Å². The number of carbonyl (C=O) groups is 1. The molecule has 8 nitrogen and oxygen atoms in total. The Kier molecular flexibility index (Phi) is 5.43. The molecule has 0 aliphatic heterocycles. The van der Waals surface area contributed by atoms with Gasteiger partial charge in [-0.2, -0.15) is 5.10 Å². The third-order valence-electron chi connectivity index (χ3n) is 3.03. The topological polar surface area (TPSA) is 116 Å². The van der Waals surface area contributed by atoms with Crippen molar-refractivity contribution < 1.29 is 9.72 Å². The van der Waals surface area contributed by atoms with Crippen molar-refractivity contribution in [3.63, 3.8) is 0 Å². The molecular formula is C11H19N5O3. The van der Waals surface area contributed by atoms with Gasteiger partial charge in [-0.15, -0.1) is 0 Å². The summed E-state index contributed by atoms with van der Waals surface area (Å²) in [6.45, 7) is 4.59. The van der Waals surface area contributed by atoms with E-state index in [4.69, 9.17) is 5.73 Å². The quantitative estimate of drug-likeness (QED) is 0.544. The number of aromatic nitrogens is 2. The minimum Gasteiger partial charge on any atom is -0.353 e. The first-order valence-corrected chi connectivity index (χ1v) is 6.15. The standard InChI is InChI=1S/C11H19N5O3/c1-3-8(2)10(12)11(17)13-4-5-15-7-9(6-14-15)16(18)19/h6-8,10H,3-5,12H2,1-2H3,(H,13,17). The monoisotopic (exact) mass is 269 g/mol. The molecule has 0 fully saturated rings. The van der Waals surface area contributed by atoms with E-state index in [1.165, 1.54) is 17.1 Å². The van der Waals surface area contributed by atoms with Crippen LogP contribution in [0.1, 0.15) is 20.3 Å². The Morgan fingerprint density at radius 2 is 2.37 bits per heavy atom. The lowest BCUT2D eigenvalue weighted by atomic mass is 9.99. The van der Waals surface area contributed by atoms with Crippen molar-refractivity contribution in [3.8, 4) is 0 Å². The fraction of sp³-hybridized carbons (Fsp3) is 0.636. The van der Waals surface area contributed by atoms with Crippen LogP contribution in [0.5, 0.6) is 0 Å². The fourth-order valence-electron chi connectivity index (χ4n) is 1.49. The van der Waals surface area contributed by atoms with Crippen LogP contribution in [-0.2, 0) is 11.3 Å². The summed E-state index contributed by atoms with van der Waals surface area (Å²) < 4.78 is 1.41. The van der Waals surface area contributed by atoms with Gasteiger partial charge in [0.1, 0.15) is 12.4 Å². The van der Waals surface area contributed by atoms with E-state index in [0.29, 0.717) is 13.1 Å². The number of nitrogens with two attached hydrogens (primary N) is 1. The highest BCUT2D eigenvalue weighted by molar-refractivity contribution is 5.81. The molecule has 2 unspecified atom stereocenters. The van der Waals surface area contributed by atoms with E-state index in [9.17, 15) is 14.9 Å². The summed E-state index contributed by atoms with van der Waals surface area (Å²) in [4.78, 5) is 21.6. The molecule has 2 atom stereocenters. The van der Waals surface area contributed by atoms with Crippen molar-refractivity contribution in [1.29, 1.82) is 0 Å². The molecule has 1 rings (SSSR count). The number of nitrogens with zero attached hydrogens (tertiary/aromatic N) is 3. The third-order valence-corrected chi connectivity index (χ3v) is 3.03. The maximum atomic E-state index is 11.7. The molecule has 0 spiro atoms. The van der Waals surface area contributed by atoms with Crippen molar-refractivity contribution in [2.45, 2.75) is 32.9 Å². The number of rotatable bonds is 7. The lowest BCUT2D eigenvalue weighted by molar-refractivity contribution is -0.385. The van der Waals surface area contributed by atoms with Crippen LogP contribution in [0.15, 0.2) is 12.4 Å². The number of hydrogen-bond donors (Lipinski definition) is 2. The second-order valence-corrected chi connectivity index (χ2v) is 4.42. The Labute approximate surface area is 111 Å². The van der Waals surface area contributed by atoms with Crippen LogP contribution in [-0.4, -0.2) is 33.2 Å². The summed E-state index contributed by atoms with van der Waals surface area (Å²) in [6.07, 6.45) is 3.33. The predicted octanol–water partition coefficient (Wildman–Crippen LogP) is 0.281. The molecule has 0 saturated heterocycles. The number of carbonyl (C=O) groups excluding carboxylic acids is 1. The van der Waals surface area contributed by atoms with Gasteiger partial charge in [0.25, 0.3) is 0 Å². The van der Waals surface area contributed by atoms with E-state index in [0.717, 1.165) is 6.42 Å². The average molecular weight is 269 g/mol. The normalized spacial score (nSPS) is 13.8. The smallest absolute Gasteiger partial charge is 0.306 e. The molecular weight excluding hydrogens is 250 g/mol. The molecule has 106 valence electrons. The summed E-state index contributed by atoms with van der Waals surface area (Å²) in [5.74, 6) is -0.0956. The molecule has 8 heteroatoms. The van der Waals surface area contributed by atoms with Crippen molar-refractivity contribution in [1.82, 2.24) is 15.1 Å². The van der Waals surface area contributed by atoms with Crippen LogP contribution < -0.4 is 11.1 Å². The van der Waals surface area contributed by atoms with E-state index < -0.39 is 11.0 Å². The van der Waals surface area contributed by atoms with E-state index in [1.54, 1.807) is 0 Å². The summed E-state index contributed by atoms with van der Waals surface area (Å²) in [7, 11) is 0. The maximum absolute atomic E-state index is 11.7. The second-order valence-electron chi connectivity index (χ2n) is 4.42. The average Bonchev–Trinajstić information content (AvgIpc) is 2.85. The van der Waals surface area contributed by atoms with Gasteiger partial charge in [0.2, 0.25) is 5.91 Å². The minimum atomic E-state index is -0.531. The third kappa shape index (κ3) is 4.32. The van der Waals surface area contributed by atoms with Crippen LogP contribution in [0.3, 0.4) is 0 Å². The molecule has 0 aliphatic carbocycles. The zero-order chi connectivity index (χ0) is 14.4. The number of hydrogen-bond acceptors (Lipinski definition) is 5. The summed E-state index contributed by atoms with van der Waals surface area (Å²) >= 11 is 0. The first-order valence-electron chi connectivity index (χ1n) is 6.15. The Morgan fingerprint density at radius 1 is 1.68 bits per heavy atom. The van der Waals surface area contributed by atoms with Crippen LogP contribution in [0.2, 0.25) is 0 Å².